The molecule has 0 amide bonds. The number of H-pyrrole nitrogens is 1. The van der Waals surface area contributed by atoms with Gasteiger partial charge in [-0.1, -0.05) is 19.1 Å². The molecule has 0 bridgehead atoms. The second-order valence-corrected chi connectivity index (χ2v) is 5.52. The Bertz CT molecular complexity index is 738. The number of halogens is 3. The van der Waals surface area contributed by atoms with E-state index in [-0.39, 0.29) is 17.7 Å². The van der Waals surface area contributed by atoms with Crippen molar-refractivity contribution >= 4 is 17.2 Å². The maximum Gasteiger partial charge on any atom is 0.573 e. The minimum absolute atomic E-state index is 0.152. The Morgan fingerprint density at radius 3 is 2.87 bits per heavy atom. The Morgan fingerprint density at radius 2 is 2.22 bits per heavy atom. The Morgan fingerprint density at radius 1 is 1.43 bits per heavy atom. The van der Waals surface area contributed by atoms with Crippen molar-refractivity contribution in [2.75, 3.05) is 6.61 Å². The Balaban J connectivity index is 2.19. The first-order valence-electron chi connectivity index (χ1n) is 7.37. The number of aldehydes is 1. The smallest absolute Gasteiger partial charge is 0.404 e. The van der Waals surface area contributed by atoms with E-state index in [0.29, 0.717) is 30.5 Å². The van der Waals surface area contributed by atoms with Crippen LogP contribution in [0.5, 0.6) is 5.75 Å². The SMILES string of the molecule is CCC1(CC=O)OCCc2c1[nH]c1c(OC(F)(F)F)cccc21. The van der Waals surface area contributed by atoms with Gasteiger partial charge < -0.3 is 19.3 Å². The number of ether oxygens (including phenoxy) is 2. The van der Waals surface area contributed by atoms with Crippen LogP contribution in [0.2, 0.25) is 0 Å². The quantitative estimate of drug-likeness (QED) is 0.868. The number of aromatic amines is 1. The number of para-hydroxylation sites is 1. The van der Waals surface area contributed by atoms with Crippen molar-refractivity contribution in [3.05, 3.63) is 29.5 Å². The van der Waals surface area contributed by atoms with Gasteiger partial charge in [0.15, 0.2) is 5.75 Å². The summed E-state index contributed by atoms with van der Waals surface area (Å²) in [6, 6.07) is 4.55. The van der Waals surface area contributed by atoms with Crippen LogP contribution in [0.4, 0.5) is 13.2 Å². The third-order valence-corrected chi connectivity index (χ3v) is 4.30. The third kappa shape index (κ3) is 2.69. The molecule has 1 aromatic carbocycles. The number of fused-ring (bicyclic) bond motifs is 3. The van der Waals surface area contributed by atoms with E-state index in [1.54, 1.807) is 6.07 Å². The molecule has 7 heteroatoms. The number of hydrogen-bond donors (Lipinski definition) is 1. The van der Waals surface area contributed by atoms with Gasteiger partial charge in [0.2, 0.25) is 0 Å². The third-order valence-electron chi connectivity index (χ3n) is 4.30. The predicted octanol–water partition coefficient (Wildman–Crippen LogP) is 3.83. The molecule has 2 heterocycles. The van der Waals surface area contributed by atoms with E-state index in [4.69, 9.17) is 4.74 Å². The summed E-state index contributed by atoms with van der Waals surface area (Å²) in [5, 5.41) is 0.675. The van der Waals surface area contributed by atoms with E-state index in [9.17, 15) is 18.0 Å². The van der Waals surface area contributed by atoms with Crippen LogP contribution in [0, 0.1) is 0 Å². The molecule has 1 aromatic heterocycles. The molecule has 0 radical (unpaired) electrons. The second-order valence-electron chi connectivity index (χ2n) is 5.52. The zero-order valence-electron chi connectivity index (χ0n) is 12.5. The molecule has 1 unspecified atom stereocenters. The van der Waals surface area contributed by atoms with E-state index in [1.807, 2.05) is 6.92 Å². The molecule has 1 aliphatic heterocycles. The summed E-state index contributed by atoms with van der Waals surface area (Å²) in [5.74, 6) is -0.277. The van der Waals surface area contributed by atoms with Crippen LogP contribution in [0.1, 0.15) is 31.0 Å². The highest BCUT2D eigenvalue weighted by atomic mass is 19.4. The number of carbonyl (C=O) groups is 1. The van der Waals surface area contributed by atoms with E-state index < -0.39 is 12.0 Å². The summed E-state index contributed by atoms with van der Waals surface area (Å²) in [5.41, 5.74) is 1.03. The zero-order valence-corrected chi connectivity index (χ0v) is 12.5. The van der Waals surface area contributed by atoms with Gasteiger partial charge in [0.25, 0.3) is 0 Å². The number of aromatic nitrogens is 1. The monoisotopic (exact) mass is 327 g/mol. The summed E-state index contributed by atoms with van der Waals surface area (Å²) in [6.45, 7) is 2.31. The van der Waals surface area contributed by atoms with Crippen molar-refractivity contribution in [2.45, 2.75) is 38.1 Å². The van der Waals surface area contributed by atoms with Gasteiger partial charge in [0.05, 0.1) is 17.8 Å². The first-order valence-corrected chi connectivity index (χ1v) is 7.37. The second kappa shape index (κ2) is 5.56. The van der Waals surface area contributed by atoms with E-state index in [2.05, 4.69) is 9.72 Å². The average Bonchev–Trinajstić information content (AvgIpc) is 2.87. The van der Waals surface area contributed by atoms with Crippen LogP contribution in [0.15, 0.2) is 18.2 Å². The van der Waals surface area contributed by atoms with Crippen molar-refractivity contribution in [3.8, 4) is 5.75 Å². The molecule has 4 nitrogen and oxygen atoms in total. The number of hydrogen-bond acceptors (Lipinski definition) is 3. The summed E-state index contributed by atoms with van der Waals surface area (Å²) in [6.07, 6.45) is -2.72. The van der Waals surface area contributed by atoms with Gasteiger partial charge in [0, 0.05) is 11.8 Å². The normalized spacial score (nSPS) is 21.2. The largest absolute Gasteiger partial charge is 0.573 e. The molecule has 3 rings (SSSR count). The van der Waals surface area contributed by atoms with Crippen LogP contribution in [-0.4, -0.2) is 24.2 Å². The average molecular weight is 327 g/mol. The molecular weight excluding hydrogens is 311 g/mol. The van der Waals surface area contributed by atoms with Crippen LogP contribution in [-0.2, 0) is 21.6 Å². The molecule has 2 aromatic rings. The lowest BCUT2D eigenvalue weighted by atomic mass is 9.87. The Kier molecular flexibility index (Phi) is 3.83. The van der Waals surface area contributed by atoms with Gasteiger partial charge in [-0.15, -0.1) is 13.2 Å². The first kappa shape index (κ1) is 15.9. The zero-order chi connectivity index (χ0) is 16.7. The Hall–Kier alpha value is -2.02. The molecule has 1 aliphatic rings. The van der Waals surface area contributed by atoms with Crippen molar-refractivity contribution in [1.29, 1.82) is 0 Å². The summed E-state index contributed by atoms with van der Waals surface area (Å²) < 4.78 is 47.7. The predicted molar refractivity (Wildman–Crippen MR) is 77.3 cm³/mol. The maximum absolute atomic E-state index is 12.6. The fourth-order valence-electron chi connectivity index (χ4n) is 3.24. The number of rotatable bonds is 4. The summed E-state index contributed by atoms with van der Waals surface area (Å²) in [7, 11) is 0. The molecule has 1 N–H and O–H groups in total. The van der Waals surface area contributed by atoms with Crippen LogP contribution in [0.25, 0.3) is 10.9 Å². The lowest BCUT2D eigenvalue weighted by Gasteiger charge is -2.35. The molecule has 0 fully saturated rings. The first-order chi connectivity index (χ1) is 10.9. The maximum atomic E-state index is 12.6. The lowest BCUT2D eigenvalue weighted by molar-refractivity contribution is -0.274. The van der Waals surface area contributed by atoms with Gasteiger partial charge >= 0.3 is 6.36 Å². The molecule has 124 valence electrons. The molecular formula is C16H16F3NO3. The summed E-state index contributed by atoms with van der Waals surface area (Å²) in [4.78, 5) is 14.1. The molecule has 0 aliphatic carbocycles. The van der Waals surface area contributed by atoms with Gasteiger partial charge in [-0.3, -0.25) is 0 Å². The Labute approximate surface area is 130 Å². The minimum Gasteiger partial charge on any atom is -0.404 e. The van der Waals surface area contributed by atoms with E-state index in [0.717, 1.165) is 11.8 Å². The standard InChI is InChI=1S/C16H16F3NO3/c1-2-15(7-8-21)14-11(6-9-22-15)10-4-3-5-12(13(10)20-14)23-16(17,18)19/h3-5,8,20H,2,6-7,9H2,1H3. The van der Waals surface area contributed by atoms with Crippen molar-refractivity contribution in [2.24, 2.45) is 0 Å². The van der Waals surface area contributed by atoms with Gasteiger partial charge in [-0.05, 0) is 24.5 Å². The van der Waals surface area contributed by atoms with E-state index >= 15 is 0 Å². The molecule has 0 saturated carbocycles. The van der Waals surface area contributed by atoms with Gasteiger partial charge in [0.1, 0.15) is 11.9 Å². The van der Waals surface area contributed by atoms with Crippen LogP contribution >= 0.6 is 0 Å². The van der Waals surface area contributed by atoms with Crippen molar-refractivity contribution in [1.82, 2.24) is 4.98 Å². The number of carbonyl (C=O) groups excluding carboxylic acids is 1. The van der Waals surface area contributed by atoms with Crippen molar-refractivity contribution in [3.63, 3.8) is 0 Å². The van der Waals surface area contributed by atoms with Crippen molar-refractivity contribution < 1.29 is 27.4 Å². The molecule has 0 spiro atoms. The topological polar surface area (TPSA) is 51.3 Å². The summed E-state index contributed by atoms with van der Waals surface area (Å²) >= 11 is 0. The number of alkyl halides is 3. The molecule has 0 saturated heterocycles. The molecule has 23 heavy (non-hydrogen) atoms. The number of nitrogens with one attached hydrogen (secondary N) is 1. The van der Waals surface area contributed by atoms with Crippen LogP contribution in [0.3, 0.4) is 0 Å². The van der Waals surface area contributed by atoms with Gasteiger partial charge in [-0.2, -0.15) is 0 Å². The highest BCUT2D eigenvalue weighted by Crippen LogP contribution is 2.43. The number of benzene rings is 1. The molecule has 1 atom stereocenters. The highest BCUT2D eigenvalue weighted by molar-refractivity contribution is 5.90. The highest BCUT2D eigenvalue weighted by Gasteiger charge is 2.39. The van der Waals surface area contributed by atoms with Gasteiger partial charge in [-0.25, -0.2) is 0 Å². The van der Waals surface area contributed by atoms with E-state index in [1.165, 1.54) is 12.1 Å². The minimum atomic E-state index is -4.76. The lowest BCUT2D eigenvalue weighted by Crippen LogP contribution is -2.35. The fraction of sp³-hybridized carbons (Fsp3) is 0.438. The van der Waals surface area contributed by atoms with Crippen LogP contribution < -0.4 is 4.74 Å². The fourth-order valence-corrected chi connectivity index (χ4v) is 3.24.